The summed E-state index contributed by atoms with van der Waals surface area (Å²) in [6.45, 7) is 3.10. The van der Waals surface area contributed by atoms with E-state index in [1.807, 2.05) is 0 Å². The summed E-state index contributed by atoms with van der Waals surface area (Å²) in [7, 11) is -4.01. The SMILES string of the molecule is CC(C)CS(=O)(=O)CC(F)(F)C(=O)O. The Balaban J connectivity index is 4.60. The number of carboxylic acids is 1. The molecule has 0 aliphatic heterocycles. The summed E-state index contributed by atoms with van der Waals surface area (Å²) in [5.41, 5.74) is 0. The first-order valence-corrected chi connectivity index (χ1v) is 5.70. The summed E-state index contributed by atoms with van der Waals surface area (Å²) < 4.78 is 47.1. The molecule has 0 aromatic heterocycles. The van der Waals surface area contributed by atoms with Crippen LogP contribution < -0.4 is 0 Å². The van der Waals surface area contributed by atoms with Crippen LogP contribution in [-0.4, -0.2) is 36.9 Å². The molecular weight excluding hydrogens is 218 g/mol. The van der Waals surface area contributed by atoms with Crippen molar-refractivity contribution in [1.82, 2.24) is 0 Å². The smallest absolute Gasteiger partial charge is 0.375 e. The highest BCUT2D eigenvalue weighted by atomic mass is 32.2. The van der Waals surface area contributed by atoms with E-state index in [4.69, 9.17) is 5.11 Å². The minimum Gasteiger partial charge on any atom is -0.477 e. The molecule has 84 valence electrons. The summed E-state index contributed by atoms with van der Waals surface area (Å²) in [5.74, 6) is -8.98. The van der Waals surface area contributed by atoms with E-state index in [0.29, 0.717) is 0 Å². The Morgan fingerprint density at radius 2 is 1.86 bits per heavy atom. The zero-order valence-electron chi connectivity index (χ0n) is 7.83. The normalized spacial score (nSPS) is 13.2. The van der Waals surface area contributed by atoms with Gasteiger partial charge in [-0.3, -0.25) is 0 Å². The Hall–Kier alpha value is -0.720. The van der Waals surface area contributed by atoms with E-state index in [-0.39, 0.29) is 5.92 Å². The molecule has 4 nitrogen and oxygen atoms in total. The van der Waals surface area contributed by atoms with Crippen LogP contribution in [0.3, 0.4) is 0 Å². The Bertz CT molecular complexity index is 308. The number of carboxylic acid groups (broad SMARTS) is 1. The lowest BCUT2D eigenvalue weighted by atomic mass is 10.3. The van der Waals surface area contributed by atoms with E-state index in [1.54, 1.807) is 13.8 Å². The average Bonchev–Trinajstić information content (AvgIpc) is 1.79. The number of aliphatic carboxylic acids is 1. The van der Waals surface area contributed by atoms with Gasteiger partial charge in [0.25, 0.3) is 0 Å². The maximum atomic E-state index is 12.5. The molecule has 0 aromatic rings. The second-order valence-electron chi connectivity index (χ2n) is 3.46. The Kier molecular flexibility index (Phi) is 3.99. The van der Waals surface area contributed by atoms with Crippen molar-refractivity contribution in [2.45, 2.75) is 19.8 Å². The van der Waals surface area contributed by atoms with E-state index in [0.717, 1.165) is 0 Å². The molecule has 0 bridgehead atoms. The van der Waals surface area contributed by atoms with Crippen LogP contribution >= 0.6 is 0 Å². The molecule has 0 saturated heterocycles. The van der Waals surface area contributed by atoms with Crippen LogP contribution in [0.2, 0.25) is 0 Å². The predicted molar refractivity (Wildman–Crippen MR) is 46.1 cm³/mol. The quantitative estimate of drug-likeness (QED) is 0.757. The van der Waals surface area contributed by atoms with Crippen LogP contribution in [0, 0.1) is 5.92 Å². The summed E-state index contributed by atoms with van der Waals surface area (Å²) in [4.78, 5) is 9.97. The summed E-state index contributed by atoms with van der Waals surface area (Å²) in [6, 6.07) is 0. The molecular formula is C7H12F2O4S. The van der Waals surface area contributed by atoms with Crippen molar-refractivity contribution in [3.05, 3.63) is 0 Å². The minimum atomic E-state index is -4.20. The topological polar surface area (TPSA) is 71.4 Å². The van der Waals surface area contributed by atoms with Crippen LogP contribution in [0.25, 0.3) is 0 Å². The fraction of sp³-hybridized carbons (Fsp3) is 0.857. The second kappa shape index (κ2) is 4.20. The highest BCUT2D eigenvalue weighted by Gasteiger charge is 2.43. The zero-order valence-corrected chi connectivity index (χ0v) is 8.64. The van der Waals surface area contributed by atoms with Crippen molar-refractivity contribution in [2.24, 2.45) is 5.92 Å². The van der Waals surface area contributed by atoms with E-state index < -0.39 is 33.2 Å². The van der Waals surface area contributed by atoms with Gasteiger partial charge in [0, 0.05) is 0 Å². The van der Waals surface area contributed by atoms with E-state index in [9.17, 15) is 22.0 Å². The van der Waals surface area contributed by atoms with Gasteiger partial charge in [0.05, 0.1) is 5.75 Å². The minimum absolute atomic E-state index is 0.301. The fourth-order valence-corrected chi connectivity index (χ4v) is 2.71. The van der Waals surface area contributed by atoms with Gasteiger partial charge in [-0.15, -0.1) is 0 Å². The van der Waals surface area contributed by atoms with Gasteiger partial charge >= 0.3 is 11.9 Å². The van der Waals surface area contributed by atoms with E-state index in [1.165, 1.54) is 0 Å². The first kappa shape index (κ1) is 13.3. The molecule has 0 aromatic carbocycles. The van der Waals surface area contributed by atoms with Crippen LogP contribution in [0.5, 0.6) is 0 Å². The van der Waals surface area contributed by atoms with Crippen molar-refractivity contribution in [2.75, 3.05) is 11.5 Å². The fourth-order valence-electron chi connectivity index (χ4n) is 0.905. The molecule has 0 aliphatic carbocycles. The first-order chi connectivity index (χ1) is 6.07. The zero-order chi connectivity index (χ0) is 11.6. The number of alkyl halides is 2. The van der Waals surface area contributed by atoms with Gasteiger partial charge in [0.15, 0.2) is 9.84 Å². The summed E-state index contributed by atoms with van der Waals surface area (Å²) in [6.07, 6.45) is 0. The standard InChI is InChI=1S/C7H12F2O4S/c1-5(2)3-14(12,13)4-7(8,9)6(10)11/h5H,3-4H2,1-2H3,(H,10,11). The van der Waals surface area contributed by atoms with Gasteiger partial charge in [-0.1, -0.05) is 13.8 Å². The van der Waals surface area contributed by atoms with Crippen molar-refractivity contribution >= 4 is 15.8 Å². The molecule has 0 fully saturated rings. The Labute approximate surface area is 80.8 Å². The summed E-state index contributed by atoms with van der Waals surface area (Å²) in [5, 5.41) is 8.02. The molecule has 7 heteroatoms. The monoisotopic (exact) mass is 230 g/mol. The molecule has 0 radical (unpaired) electrons. The second-order valence-corrected chi connectivity index (χ2v) is 5.57. The van der Waals surface area contributed by atoms with Crippen molar-refractivity contribution < 1.29 is 27.1 Å². The van der Waals surface area contributed by atoms with Gasteiger partial charge < -0.3 is 5.11 Å². The largest absolute Gasteiger partial charge is 0.477 e. The maximum Gasteiger partial charge on any atom is 0.375 e. The summed E-state index contributed by atoms with van der Waals surface area (Å²) >= 11 is 0. The Morgan fingerprint density at radius 3 is 2.14 bits per heavy atom. The van der Waals surface area contributed by atoms with Crippen molar-refractivity contribution in [1.29, 1.82) is 0 Å². The van der Waals surface area contributed by atoms with Crippen LogP contribution in [0.4, 0.5) is 8.78 Å². The third-order valence-corrected chi connectivity index (χ3v) is 3.28. The van der Waals surface area contributed by atoms with Gasteiger partial charge in [-0.2, -0.15) is 8.78 Å². The number of hydrogen-bond acceptors (Lipinski definition) is 3. The van der Waals surface area contributed by atoms with Crippen molar-refractivity contribution in [3.8, 4) is 0 Å². The highest BCUT2D eigenvalue weighted by Crippen LogP contribution is 2.17. The van der Waals surface area contributed by atoms with Crippen LogP contribution in [0.1, 0.15) is 13.8 Å². The highest BCUT2D eigenvalue weighted by molar-refractivity contribution is 7.91. The van der Waals surface area contributed by atoms with Crippen LogP contribution in [0.15, 0.2) is 0 Å². The molecule has 0 rings (SSSR count). The number of sulfone groups is 1. The molecule has 0 unspecified atom stereocenters. The van der Waals surface area contributed by atoms with E-state index in [2.05, 4.69) is 0 Å². The van der Waals surface area contributed by atoms with Crippen LogP contribution in [-0.2, 0) is 14.6 Å². The lowest BCUT2D eigenvalue weighted by Gasteiger charge is -2.12. The molecule has 0 atom stereocenters. The number of hydrogen-bond donors (Lipinski definition) is 1. The maximum absolute atomic E-state index is 12.5. The van der Waals surface area contributed by atoms with Gasteiger partial charge in [0.1, 0.15) is 5.75 Å². The average molecular weight is 230 g/mol. The van der Waals surface area contributed by atoms with Gasteiger partial charge in [0.2, 0.25) is 0 Å². The molecule has 1 N–H and O–H groups in total. The third kappa shape index (κ3) is 4.50. The third-order valence-electron chi connectivity index (χ3n) is 1.30. The van der Waals surface area contributed by atoms with Gasteiger partial charge in [-0.25, -0.2) is 13.2 Å². The lowest BCUT2D eigenvalue weighted by Crippen LogP contribution is -2.37. The molecule has 0 saturated carbocycles. The first-order valence-electron chi connectivity index (χ1n) is 3.88. The number of halogens is 2. The molecule has 0 aliphatic rings. The van der Waals surface area contributed by atoms with Gasteiger partial charge in [-0.05, 0) is 5.92 Å². The number of carbonyl (C=O) groups is 1. The lowest BCUT2D eigenvalue weighted by molar-refractivity contribution is -0.161. The number of rotatable bonds is 5. The molecule has 0 heterocycles. The molecule has 0 amide bonds. The van der Waals surface area contributed by atoms with Crippen molar-refractivity contribution in [3.63, 3.8) is 0 Å². The van der Waals surface area contributed by atoms with E-state index >= 15 is 0 Å². The molecule has 0 spiro atoms. The predicted octanol–water partition coefficient (Wildman–Crippen LogP) is 0.777. The molecule has 14 heavy (non-hydrogen) atoms. The Morgan fingerprint density at radius 1 is 1.43 bits per heavy atom.